The molecule has 0 aromatic heterocycles. The van der Waals surface area contributed by atoms with E-state index < -0.39 is 6.03 Å². The van der Waals surface area contributed by atoms with Crippen molar-refractivity contribution in [2.75, 3.05) is 0 Å². The zero-order chi connectivity index (χ0) is 15.1. The van der Waals surface area contributed by atoms with Crippen molar-refractivity contribution in [3.05, 3.63) is 76.8 Å². The van der Waals surface area contributed by atoms with Crippen LogP contribution in [-0.4, -0.2) is 11.7 Å². The van der Waals surface area contributed by atoms with Crippen molar-refractivity contribution in [2.24, 2.45) is 10.8 Å². The molecule has 21 heavy (non-hydrogen) atoms. The number of nitrogens with one attached hydrogen (secondary N) is 1. The molecule has 0 saturated heterocycles. The number of rotatable bonds is 4. The van der Waals surface area contributed by atoms with Crippen molar-refractivity contribution >= 4 is 29.4 Å². The Morgan fingerprint density at radius 1 is 1.10 bits per heavy atom. The van der Waals surface area contributed by atoms with Crippen LogP contribution in [0.15, 0.2) is 65.8 Å². The molecule has 5 heteroatoms. The van der Waals surface area contributed by atoms with E-state index in [1.807, 2.05) is 60.7 Å². The highest BCUT2D eigenvalue weighted by molar-refractivity contribution is 6.32. The third-order valence-electron chi connectivity index (χ3n) is 2.68. The van der Waals surface area contributed by atoms with Gasteiger partial charge in [0.2, 0.25) is 0 Å². The van der Waals surface area contributed by atoms with Crippen molar-refractivity contribution in [2.45, 2.75) is 0 Å². The zero-order valence-corrected chi connectivity index (χ0v) is 11.9. The van der Waals surface area contributed by atoms with Gasteiger partial charge in [-0.15, -0.1) is 0 Å². The van der Waals surface area contributed by atoms with Gasteiger partial charge in [-0.2, -0.15) is 5.10 Å². The number of urea groups is 1. The average Bonchev–Trinajstić information content (AvgIpc) is 2.49. The molecule has 2 rings (SSSR count). The first kappa shape index (κ1) is 14.8. The summed E-state index contributed by atoms with van der Waals surface area (Å²) in [5.41, 5.74) is 9.58. The maximum atomic E-state index is 10.8. The minimum absolute atomic E-state index is 0.578. The van der Waals surface area contributed by atoms with Crippen LogP contribution < -0.4 is 11.2 Å². The molecule has 0 saturated carbocycles. The van der Waals surface area contributed by atoms with Gasteiger partial charge in [-0.3, -0.25) is 0 Å². The number of amides is 2. The Bertz CT molecular complexity index is 681. The van der Waals surface area contributed by atoms with E-state index in [2.05, 4.69) is 10.5 Å². The predicted octanol–water partition coefficient (Wildman–Crippen LogP) is 3.43. The third-order valence-corrected chi connectivity index (χ3v) is 3.03. The minimum atomic E-state index is -0.713. The third kappa shape index (κ3) is 4.47. The highest BCUT2D eigenvalue weighted by atomic mass is 35.5. The summed E-state index contributed by atoms with van der Waals surface area (Å²) in [6.45, 7) is 0. The predicted molar refractivity (Wildman–Crippen MR) is 86.2 cm³/mol. The molecule has 0 radical (unpaired) electrons. The lowest BCUT2D eigenvalue weighted by molar-refractivity contribution is 0.249. The molecule has 2 aromatic rings. The summed E-state index contributed by atoms with van der Waals surface area (Å²) in [6, 6.07) is 16.2. The lowest BCUT2D eigenvalue weighted by atomic mass is 10.1. The fourth-order valence-electron chi connectivity index (χ4n) is 1.70. The monoisotopic (exact) mass is 299 g/mol. The fourth-order valence-corrected chi connectivity index (χ4v) is 1.90. The van der Waals surface area contributed by atoms with Crippen molar-refractivity contribution in [1.82, 2.24) is 5.43 Å². The largest absolute Gasteiger partial charge is 0.350 e. The van der Waals surface area contributed by atoms with Crippen molar-refractivity contribution in [3.8, 4) is 0 Å². The van der Waals surface area contributed by atoms with E-state index in [1.54, 1.807) is 6.08 Å². The number of hydrogen-bond donors (Lipinski definition) is 2. The molecular formula is C16H14ClN3O. The summed E-state index contributed by atoms with van der Waals surface area (Å²) in [4.78, 5) is 10.8. The summed E-state index contributed by atoms with van der Waals surface area (Å²) < 4.78 is 0. The molecule has 4 nitrogen and oxygen atoms in total. The average molecular weight is 300 g/mol. The van der Waals surface area contributed by atoms with E-state index in [4.69, 9.17) is 17.3 Å². The van der Waals surface area contributed by atoms with Crippen LogP contribution in [0.3, 0.4) is 0 Å². The Morgan fingerprint density at radius 2 is 1.76 bits per heavy atom. The highest BCUT2D eigenvalue weighted by Crippen LogP contribution is 2.16. The van der Waals surface area contributed by atoms with Gasteiger partial charge in [0.15, 0.2) is 0 Å². The van der Waals surface area contributed by atoms with E-state index in [1.165, 1.54) is 0 Å². The van der Waals surface area contributed by atoms with Crippen LogP contribution in [0.4, 0.5) is 4.79 Å². The quantitative estimate of drug-likeness (QED) is 0.659. The molecule has 0 spiro atoms. The molecule has 3 N–H and O–H groups in total. The Hall–Kier alpha value is -2.59. The second-order valence-electron chi connectivity index (χ2n) is 4.19. The number of nitrogens with zero attached hydrogens (tertiary/aromatic N) is 1. The van der Waals surface area contributed by atoms with Gasteiger partial charge in [-0.25, -0.2) is 10.2 Å². The molecule has 0 aliphatic carbocycles. The van der Waals surface area contributed by atoms with Crippen LogP contribution in [0.2, 0.25) is 5.02 Å². The van der Waals surface area contributed by atoms with Gasteiger partial charge < -0.3 is 5.73 Å². The van der Waals surface area contributed by atoms with Gasteiger partial charge in [-0.1, -0.05) is 66.2 Å². The maximum Gasteiger partial charge on any atom is 0.332 e. The van der Waals surface area contributed by atoms with E-state index in [9.17, 15) is 4.79 Å². The van der Waals surface area contributed by atoms with E-state index in [0.29, 0.717) is 10.7 Å². The van der Waals surface area contributed by atoms with Gasteiger partial charge in [0.1, 0.15) is 0 Å². The Labute approximate surface area is 127 Å². The zero-order valence-electron chi connectivity index (χ0n) is 11.2. The van der Waals surface area contributed by atoms with Crippen LogP contribution in [0.5, 0.6) is 0 Å². The van der Waals surface area contributed by atoms with E-state index in [0.717, 1.165) is 11.1 Å². The van der Waals surface area contributed by atoms with Gasteiger partial charge in [0.25, 0.3) is 0 Å². The van der Waals surface area contributed by atoms with Gasteiger partial charge >= 0.3 is 6.03 Å². The number of allylic oxidation sites excluding steroid dienone is 1. The van der Waals surface area contributed by atoms with Crippen molar-refractivity contribution in [3.63, 3.8) is 0 Å². The molecule has 106 valence electrons. The SMILES string of the molecule is NC(=O)NN=C(C=Cc1ccccc1Cl)c1ccccc1. The molecule has 0 atom stereocenters. The highest BCUT2D eigenvalue weighted by Gasteiger charge is 2.01. The lowest BCUT2D eigenvalue weighted by Crippen LogP contribution is -2.25. The lowest BCUT2D eigenvalue weighted by Gasteiger charge is -2.02. The van der Waals surface area contributed by atoms with E-state index in [-0.39, 0.29) is 0 Å². The van der Waals surface area contributed by atoms with E-state index >= 15 is 0 Å². The summed E-state index contributed by atoms with van der Waals surface area (Å²) in [5, 5.41) is 4.64. The molecule has 0 bridgehead atoms. The van der Waals surface area contributed by atoms with Crippen LogP contribution in [0, 0.1) is 0 Å². The van der Waals surface area contributed by atoms with Crippen LogP contribution in [0.1, 0.15) is 11.1 Å². The molecule has 0 unspecified atom stereocenters. The van der Waals surface area contributed by atoms with Crippen LogP contribution in [-0.2, 0) is 0 Å². The van der Waals surface area contributed by atoms with Gasteiger partial charge in [0, 0.05) is 10.6 Å². The molecule has 2 amide bonds. The Kier molecular flexibility index (Phi) is 5.12. The van der Waals surface area contributed by atoms with Crippen LogP contribution in [0.25, 0.3) is 6.08 Å². The van der Waals surface area contributed by atoms with Gasteiger partial charge in [-0.05, 0) is 17.7 Å². The standard InChI is InChI=1S/C16H14ClN3O/c17-14-9-5-4-6-12(14)10-11-15(19-20-16(18)21)13-7-2-1-3-8-13/h1-11H,(H3,18,20,21). The maximum absolute atomic E-state index is 10.8. The fraction of sp³-hybridized carbons (Fsp3) is 0. The molecule has 2 aromatic carbocycles. The number of halogens is 1. The number of carbonyl (C=O) groups is 1. The molecule has 0 aliphatic heterocycles. The first-order valence-corrected chi connectivity index (χ1v) is 6.66. The number of benzene rings is 2. The number of carbonyl (C=O) groups excluding carboxylic acids is 1. The summed E-state index contributed by atoms with van der Waals surface area (Å²) in [5.74, 6) is 0. The summed E-state index contributed by atoms with van der Waals surface area (Å²) in [6.07, 6.45) is 3.60. The first-order valence-electron chi connectivity index (χ1n) is 6.28. The number of primary amides is 1. The van der Waals surface area contributed by atoms with Crippen molar-refractivity contribution < 1.29 is 4.79 Å². The Morgan fingerprint density at radius 3 is 2.43 bits per heavy atom. The topological polar surface area (TPSA) is 67.5 Å². The summed E-state index contributed by atoms with van der Waals surface area (Å²) >= 11 is 6.10. The Balaban J connectivity index is 2.31. The molecule has 0 aliphatic rings. The number of hydrazone groups is 1. The normalized spacial score (nSPS) is 11.6. The molecular weight excluding hydrogens is 286 g/mol. The molecule has 0 fully saturated rings. The van der Waals surface area contributed by atoms with Crippen LogP contribution >= 0.6 is 11.6 Å². The minimum Gasteiger partial charge on any atom is -0.350 e. The second-order valence-corrected chi connectivity index (χ2v) is 4.60. The molecule has 0 heterocycles. The van der Waals surface area contributed by atoms with Gasteiger partial charge in [0.05, 0.1) is 5.71 Å². The smallest absolute Gasteiger partial charge is 0.332 e. The number of nitrogens with two attached hydrogens (primary N) is 1. The second kappa shape index (κ2) is 7.26. The van der Waals surface area contributed by atoms with Crippen molar-refractivity contribution in [1.29, 1.82) is 0 Å². The summed E-state index contributed by atoms with van der Waals surface area (Å²) in [7, 11) is 0. The first-order chi connectivity index (χ1) is 10.2. The number of hydrogen-bond acceptors (Lipinski definition) is 2.